The van der Waals surface area contributed by atoms with Gasteiger partial charge in [0.15, 0.2) is 0 Å². The molecule has 3 rings (SSSR count). The zero-order valence-electron chi connectivity index (χ0n) is 15.5. The molecule has 2 aromatic rings. The Bertz CT molecular complexity index is 859. The standard InChI is InChI=1S/C21H23N3O3/c1-14(2)15-7-9-16(10-8-15)22-19(25)11-12-21(27)24-13-20(26)23-17-5-3-4-6-18(17)24/h3-10,14H,11-13H2,1-2H3,(H,22,25)(H,23,26). The normalized spacial score (nSPS) is 13.1. The van der Waals surface area contributed by atoms with E-state index in [0.717, 1.165) is 0 Å². The van der Waals surface area contributed by atoms with Crippen LogP contribution in [0.5, 0.6) is 0 Å². The quantitative estimate of drug-likeness (QED) is 0.851. The molecule has 0 saturated carbocycles. The molecule has 140 valence electrons. The van der Waals surface area contributed by atoms with Crippen LogP contribution >= 0.6 is 0 Å². The average molecular weight is 365 g/mol. The van der Waals surface area contributed by atoms with E-state index < -0.39 is 0 Å². The fourth-order valence-electron chi connectivity index (χ4n) is 2.99. The van der Waals surface area contributed by atoms with Crippen LogP contribution in [0.4, 0.5) is 17.1 Å². The SMILES string of the molecule is CC(C)c1ccc(NC(=O)CCC(=O)N2CC(=O)Nc3ccccc32)cc1. The number of anilines is 3. The van der Waals surface area contributed by atoms with Crippen LogP contribution in [0, 0.1) is 0 Å². The zero-order chi connectivity index (χ0) is 19.4. The maximum Gasteiger partial charge on any atom is 0.244 e. The summed E-state index contributed by atoms with van der Waals surface area (Å²) in [5, 5.41) is 5.55. The van der Waals surface area contributed by atoms with Gasteiger partial charge in [-0.3, -0.25) is 14.4 Å². The van der Waals surface area contributed by atoms with Gasteiger partial charge in [-0.2, -0.15) is 0 Å². The highest BCUT2D eigenvalue weighted by atomic mass is 16.2. The van der Waals surface area contributed by atoms with Gasteiger partial charge in [-0.15, -0.1) is 0 Å². The largest absolute Gasteiger partial charge is 0.326 e. The molecule has 2 aromatic carbocycles. The van der Waals surface area contributed by atoms with Crippen LogP contribution < -0.4 is 15.5 Å². The Kier molecular flexibility index (Phi) is 5.54. The maximum absolute atomic E-state index is 12.5. The lowest BCUT2D eigenvalue weighted by Crippen LogP contribution is -2.42. The van der Waals surface area contributed by atoms with Gasteiger partial charge >= 0.3 is 0 Å². The molecule has 1 aliphatic heterocycles. The molecule has 2 N–H and O–H groups in total. The molecule has 0 spiro atoms. The van der Waals surface area contributed by atoms with Gasteiger partial charge in [0.2, 0.25) is 17.7 Å². The van der Waals surface area contributed by atoms with E-state index in [4.69, 9.17) is 0 Å². The minimum atomic E-state index is -0.248. The van der Waals surface area contributed by atoms with Gasteiger partial charge in [-0.1, -0.05) is 38.1 Å². The summed E-state index contributed by atoms with van der Waals surface area (Å²) >= 11 is 0. The van der Waals surface area contributed by atoms with Gasteiger partial charge in [0, 0.05) is 18.5 Å². The number of para-hydroxylation sites is 2. The summed E-state index contributed by atoms with van der Waals surface area (Å²) in [6.07, 6.45) is 0.0998. The van der Waals surface area contributed by atoms with E-state index in [1.165, 1.54) is 10.5 Å². The summed E-state index contributed by atoms with van der Waals surface area (Å²) in [5.41, 5.74) is 3.17. The highest BCUT2D eigenvalue weighted by molar-refractivity contribution is 6.10. The Labute approximate surface area is 158 Å². The number of fused-ring (bicyclic) bond motifs is 1. The topological polar surface area (TPSA) is 78.5 Å². The molecule has 0 fully saturated rings. The first-order valence-corrected chi connectivity index (χ1v) is 9.03. The van der Waals surface area contributed by atoms with Gasteiger partial charge in [0.1, 0.15) is 6.54 Å². The van der Waals surface area contributed by atoms with Crippen LogP contribution in [0.15, 0.2) is 48.5 Å². The van der Waals surface area contributed by atoms with Crippen LogP contribution in [0.2, 0.25) is 0 Å². The second-order valence-electron chi connectivity index (χ2n) is 6.87. The minimum Gasteiger partial charge on any atom is -0.326 e. The Morgan fingerprint density at radius 1 is 1.07 bits per heavy atom. The van der Waals surface area contributed by atoms with E-state index in [0.29, 0.717) is 23.0 Å². The predicted octanol–water partition coefficient (Wildman–Crippen LogP) is 3.51. The number of hydrogen-bond acceptors (Lipinski definition) is 3. The van der Waals surface area contributed by atoms with Crippen molar-refractivity contribution in [1.29, 1.82) is 0 Å². The van der Waals surface area contributed by atoms with Crippen molar-refractivity contribution in [2.75, 3.05) is 22.1 Å². The van der Waals surface area contributed by atoms with E-state index in [2.05, 4.69) is 24.5 Å². The van der Waals surface area contributed by atoms with Gasteiger partial charge in [-0.05, 0) is 35.7 Å². The fraction of sp³-hybridized carbons (Fsp3) is 0.286. The van der Waals surface area contributed by atoms with Crippen LogP contribution in [0.1, 0.15) is 38.2 Å². The van der Waals surface area contributed by atoms with Crippen molar-refractivity contribution >= 4 is 34.8 Å². The molecule has 0 aliphatic carbocycles. The lowest BCUT2D eigenvalue weighted by Gasteiger charge is -2.29. The van der Waals surface area contributed by atoms with Crippen LogP contribution in [-0.4, -0.2) is 24.3 Å². The zero-order valence-corrected chi connectivity index (χ0v) is 15.5. The summed E-state index contributed by atoms with van der Waals surface area (Å²) in [7, 11) is 0. The molecule has 3 amide bonds. The molecule has 0 unspecified atom stereocenters. The molecular formula is C21H23N3O3. The summed E-state index contributed by atoms with van der Waals surface area (Å²) in [6.45, 7) is 4.19. The van der Waals surface area contributed by atoms with E-state index in [1.54, 1.807) is 18.2 Å². The summed E-state index contributed by atoms with van der Waals surface area (Å²) in [4.78, 5) is 38.0. The lowest BCUT2D eigenvalue weighted by atomic mass is 10.0. The first kappa shape index (κ1) is 18.6. The van der Waals surface area contributed by atoms with E-state index in [-0.39, 0.29) is 37.1 Å². The fourth-order valence-corrected chi connectivity index (χ4v) is 2.99. The van der Waals surface area contributed by atoms with Crippen molar-refractivity contribution in [2.45, 2.75) is 32.6 Å². The summed E-state index contributed by atoms with van der Waals surface area (Å²) in [5.74, 6) is -0.285. The first-order chi connectivity index (χ1) is 12.9. The van der Waals surface area contributed by atoms with Gasteiger partial charge < -0.3 is 15.5 Å². The molecule has 0 aromatic heterocycles. The molecule has 0 atom stereocenters. The van der Waals surface area contributed by atoms with Crippen molar-refractivity contribution < 1.29 is 14.4 Å². The Morgan fingerprint density at radius 2 is 1.78 bits per heavy atom. The molecule has 0 saturated heterocycles. The van der Waals surface area contributed by atoms with E-state index in [9.17, 15) is 14.4 Å². The van der Waals surface area contributed by atoms with Crippen LogP contribution in [0.25, 0.3) is 0 Å². The highest BCUT2D eigenvalue weighted by Gasteiger charge is 2.26. The monoisotopic (exact) mass is 365 g/mol. The number of carbonyl (C=O) groups excluding carboxylic acids is 3. The Balaban J connectivity index is 1.57. The number of amides is 3. The van der Waals surface area contributed by atoms with Crippen molar-refractivity contribution in [1.82, 2.24) is 0 Å². The first-order valence-electron chi connectivity index (χ1n) is 9.03. The number of benzene rings is 2. The van der Waals surface area contributed by atoms with Gasteiger partial charge in [0.25, 0.3) is 0 Å². The summed E-state index contributed by atoms with van der Waals surface area (Å²) < 4.78 is 0. The van der Waals surface area contributed by atoms with Crippen molar-refractivity contribution in [3.63, 3.8) is 0 Å². The lowest BCUT2D eigenvalue weighted by molar-refractivity contribution is -0.124. The second-order valence-corrected chi connectivity index (χ2v) is 6.87. The second kappa shape index (κ2) is 8.03. The van der Waals surface area contributed by atoms with E-state index in [1.807, 2.05) is 30.3 Å². The van der Waals surface area contributed by atoms with E-state index >= 15 is 0 Å². The molecule has 6 heteroatoms. The third kappa shape index (κ3) is 4.53. The minimum absolute atomic E-state index is 0.0336. The predicted molar refractivity (Wildman–Crippen MR) is 106 cm³/mol. The molecular weight excluding hydrogens is 342 g/mol. The average Bonchev–Trinajstić information content (AvgIpc) is 2.65. The number of rotatable bonds is 5. The molecule has 0 bridgehead atoms. The number of carbonyl (C=O) groups is 3. The van der Waals surface area contributed by atoms with Crippen LogP contribution in [-0.2, 0) is 14.4 Å². The highest BCUT2D eigenvalue weighted by Crippen LogP contribution is 2.29. The summed E-state index contributed by atoms with van der Waals surface area (Å²) in [6, 6.07) is 14.8. The van der Waals surface area contributed by atoms with Crippen molar-refractivity contribution in [3.8, 4) is 0 Å². The van der Waals surface area contributed by atoms with Crippen molar-refractivity contribution in [2.24, 2.45) is 0 Å². The Hall–Kier alpha value is -3.15. The number of hydrogen-bond donors (Lipinski definition) is 2. The van der Waals surface area contributed by atoms with Gasteiger partial charge in [0.05, 0.1) is 11.4 Å². The smallest absolute Gasteiger partial charge is 0.244 e. The Morgan fingerprint density at radius 3 is 2.48 bits per heavy atom. The maximum atomic E-state index is 12.5. The third-order valence-corrected chi connectivity index (χ3v) is 4.50. The van der Waals surface area contributed by atoms with Crippen molar-refractivity contribution in [3.05, 3.63) is 54.1 Å². The molecule has 1 aliphatic rings. The van der Waals surface area contributed by atoms with Gasteiger partial charge in [-0.25, -0.2) is 0 Å². The molecule has 27 heavy (non-hydrogen) atoms. The number of nitrogens with zero attached hydrogens (tertiary/aromatic N) is 1. The molecule has 0 radical (unpaired) electrons. The number of nitrogens with one attached hydrogen (secondary N) is 2. The molecule has 6 nitrogen and oxygen atoms in total. The van der Waals surface area contributed by atoms with Crippen LogP contribution in [0.3, 0.4) is 0 Å². The molecule has 1 heterocycles. The third-order valence-electron chi connectivity index (χ3n) is 4.50.